The van der Waals surface area contributed by atoms with Gasteiger partial charge in [0.2, 0.25) is 0 Å². The number of hydrogen-bond acceptors (Lipinski definition) is 4. The molecule has 0 unspecified atom stereocenters. The van der Waals surface area contributed by atoms with Gasteiger partial charge in [-0.3, -0.25) is 0 Å². The number of carbonyl (C=O) groups is 1. The van der Waals surface area contributed by atoms with Crippen LogP contribution < -0.4 is 0 Å². The van der Waals surface area contributed by atoms with Crippen LogP contribution >= 0.6 is 11.3 Å². The molecule has 0 bridgehead atoms. The maximum atomic E-state index is 12.2. The highest BCUT2D eigenvalue weighted by Gasteiger charge is 2.33. The van der Waals surface area contributed by atoms with E-state index < -0.39 is 0 Å². The highest BCUT2D eigenvalue weighted by Crippen LogP contribution is 2.33. The first-order chi connectivity index (χ1) is 12.1. The summed E-state index contributed by atoms with van der Waals surface area (Å²) in [7, 11) is 0. The summed E-state index contributed by atoms with van der Waals surface area (Å²) in [5, 5.41) is 1.09. The van der Waals surface area contributed by atoms with Gasteiger partial charge in [0.15, 0.2) is 0 Å². The van der Waals surface area contributed by atoms with Crippen LogP contribution in [-0.2, 0) is 11.3 Å². The lowest BCUT2D eigenvalue weighted by atomic mass is 9.90. The molecule has 2 aromatic carbocycles. The van der Waals surface area contributed by atoms with E-state index in [1.54, 1.807) is 16.2 Å². The number of rotatable bonds is 3. The van der Waals surface area contributed by atoms with Crippen LogP contribution in [0.25, 0.3) is 10.2 Å². The number of likely N-dealkylation sites (tertiary alicyclic amines) is 1. The molecule has 2 heterocycles. The van der Waals surface area contributed by atoms with Gasteiger partial charge in [0, 0.05) is 19.0 Å². The van der Waals surface area contributed by atoms with Crippen molar-refractivity contribution in [1.29, 1.82) is 0 Å². The quantitative estimate of drug-likeness (QED) is 0.689. The van der Waals surface area contributed by atoms with Crippen molar-refractivity contribution in [2.45, 2.75) is 26.4 Å². The Balaban J connectivity index is 1.37. The molecular weight excluding hydrogens is 332 g/mol. The van der Waals surface area contributed by atoms with Crippen molar-refractivity contribution >= 4 is 27.6 Å². The molecule has 0 aliphatic carbocycles. The van der Waals surface area contributed by atoms with E-state index in [4.69, 9.17) is 4.74 Å². The Kier molecular flexibility index (Phi) is 4.17. The van der Waals surface area contributed by atoms with Crippen LogP contribution in [0.15, 0.2) is 42.5 Å². The monoisotopic (exact) mass is 352 g/mol. The van der Waals surface area contributed by atoms with E-state index >= 15 is 0 Å². The van der Waals surface area contributed by atoms with E-state index in [-0.39, 0.29) is 6.09 Å². The van der Waals surface area contributed by atoms with E-state index in [1.807, 2.05) is 37.3 Å². The minimum absolute atomic E-state index is 0.230. The first-order valence-electron chi connectivity index (χ1n) is 8.43. The van der Waals surface area contributed by atoms with Gasteiger partial charge in [-0.15, -0.1) is 11.3 Å². The molecule has 1 amide bonds. The summed E-state index contributed by atoms with van der Waals surface area (Å²) < 4.78 is 6.63. The van der Waals surface area contributed by atoms with E-state index in [0.717, 1.165) is 29.2 Å². The van der Waals surface area contributed by atoms with Crippen LogP contribution in [0.5, 0.6) is 0 Å². The Morgan fingerprint density at radius 1 is 1.24 bits per heavy atom. The summed E-state index contributed by atoms with van der Waals surface area (Å²) in [6.07, 6.45) is -0.230. The number of aryl methyl sites for hydroxylation is 2. The summed E-state index contributed by atoms with van der Waals surface area (Å²) in [6, 6.07) is 14.2. The zero-order valence-electron chi connectivity index (χ0n) is 14.4. The molecule has 0 spiro atoms. The third kappa shape index (κ3) is 3.24. The van der Waals surface area contributed by atoms with Crippen LogP contribution in [0.4, 0.5) is 4.79 Å². The lowest BCUT2D eigenvalue weighted by Gasteiger charge is -2.38. The van der Waals surface area contributed by atoms with Crippen molar-refractivity contribution in [1.82, 2.24) is 9.88 Å². The fraction of sp³-hybridized carbons (Fsp3) is 0.300. The van der Waals surface area contributed by atoms with Gasteiger partial charge in [0.25, 0.3) is 0 Å². The van der Waals surface area contributed by atoms with Crippen LogP contribution in [0.3, 0.4) is 0 Å². The van der Waals surface area contributed by atoms with E-state index in [9.17, 15) is 4.79 Å². The van der Waals surface area contributed by atoms with Gasteiger partial charge in [-0.05, 0) is 36.6 Å². The summed E-state index contributed by atoms with van der Waals surface area (Å²) in [5.41, 5.74) is 4.61. The first kappa shape index (κ1) is 16.1. The Labute approximate surface area is 151 Å². The number of benzene rings is 2. The normalized spacial score (nSPS) is 14.6. The number of ether oxygens (including phenoxy) is 1. The second-order valence-electron chi connectivity index (χ2n) is 6.56. The second-order valence-corrected chi connectivity index (χ2v) is 7.79. The zero-order chi connectivity index (χ0) is 17.4. The van der Waals surface area contributed by atoms with Gasteiger partial charge >= 0.3 is 6.09 Å². The molecule has 0 saturated carbocycles. The number of aromatic nitrogens is 1. The molecule has 25 heavy (non-hydrogen) atoms. The third-order valence-corrected chi connectivity index (χ3v) is 5.55. The van der Waals surface area contributed by atoms with Gasteiger partial charge in [0.05, 0.1) is 15.2 Å². The lowest BCUT2D eigenvalue weighted by Crippen LogP contribution is -2.48. The molecule has 4 rings (SSSR count). The Morgan fingerprint density at radius 2 is 2.00 bits per heavy atom. The Hall–Kier alpha value is -2.40. The molecule has 1 aromatic heterocycles. The van der Waals surface area contributed by atoms with E-state index in [0.29, 0.717) is 12.5 Å². The van der Waals surface area contributed by atoms with Gasteiger partial charge in [-0.1, -0.05) is 36.4 Å². The third-order valence-electron chi connectivity index (χ3n) is 4.63. The molecule has 1 fully saturated rings. The topological polar surface area (TPSA) is 42.4 Å². The predicted molar refractivity (Wildman–Crippen MR) is 100 cm³/mol. The maximum Gasteiger partial charge on any atom is 0.410 e. The number of amides is 1. The number of thiazole rings is 1. The van der Waals surface area contributed by atoms with Gasteiger partial charge in [-0.2, -0.15) is 0 Å². The summed E-state index contributed by atoms with van der Waals surface area (Å²) in [5.74, 6) is 0.384. The fourth-order valence-corrected chi connectivity index (χ4v) is 4.17. The number of nitrogens with zero attached hydrogens (tertiary/aromatic N) is 2. The fourth-order valence-electron chi connectivity index (χ4n) is 3.22. The lowest BCUT2D eigenvalue weighted by molar-refractivity contribution is 0.0664. The molecule has 4 nitrogen and oxygen atoms in total. The first-order valence-corrected chi connectivity index (χ1v) is 9.25. The molecule has 0 N–H and O–H groups in total. The molecule has 1 saturated heterocycles. The number of carbonyl (C=O) groups excluding carboxylic acids is 1. The van der Waals surface area contributed by atoms with Crippen LogP contribution in [0, 0.1) is 13.8 Å². The average molecular weight is 352 g/mol. The van der Waals surface area contributed by atoms with Gasteiger partial charge in [-0.25, -0.2) is 9.78 Å². The minimum atomic E-state index is -0.230. The predicted octanol–water partition coefficient (Wildman–Crippen LogP) is 4.65. The molecule has 1 aliphatic heterocycles. The summed E-state index contributed by atoms with van der Waals surface area (Å²) >= 11 is 1.73. The maximum absolute atomic E-state index is 12.2. The molecule has 128 valence electrons. The standard InChI is InChI=1S/C20H20N2O2S/c1-13-8-16(9-18-19(13)21-14(2)25-18)17-10-22(11-17)20(23)24-12-15-6-4-3-5-7-15/h3-9,17H,10-12H2,1-2H3. The zero-order valence-corrected chi connectivity index (χ0v) is 15.2. The molecule has 1 aliphatic rings. The number of fused-ring (bicyclic) bond motifs is 1. The van der Waals surface area contributed by atoms with Crippen molar-refractivity contribution in [2.24, 2.45) is 0 Å². The van der Waals surface area contributed by atoms with E-state index in [1.165, 1.54) is 15.8 Å². The summed E-state index contributed by atoms with van der Waals surface area (Å²) in [4.78, 5) is 18.5. The van der Waals surface area contributed by atoms with Crippen molar-refractivity contribution in [3.63, 3.8) is 0 Å². The van der Waals surface area contributed by atoms with Crippen LogP contribution in [0.2, 0.25) is 0 Å². The highest BCUT2D eigenvalue weighted by molar-refractivity contribution is 7.18. The smallest absolute Gasteiger partial charge is 0.410 e. The van der Waals surface area contributed by atoms with Crippen molar-refractivity contribution in [3.8, 4) is 0 Å². The Morgan fingerprint density at radius 3 is 2.76 bits per heavy atom. The van der Waals surface area contributed by atoms with Crippen molar-refractivity contribution in [2.75, 3.05) is 13.1 Å². The summed E-state index contributed by atoms with van der Waals surface area (Å²) in [6.45, 7) is 5.91. The van der Waals surface area contributed by atoms with E-state index in [2.05, 4.69) is 24.0 Å². The molecule has 0 atom stereocenters. The Bertz CT molecular complexity index is 914. The second kappa shape index (κ2) is 6.48. The van der Waals surface area contributed by atoms with Gasteiger partial charge in [0.1, 0.15) is 6.61 Å². The average Bonchev–Trinajstić information content (AvgIpc) is 2.93. The molecule has 5 heteroatoms. The van der Waals surface area contributed by atoms with Crippen LogP contribution in [-0.4, -0.2) is 29.1 Å². The van der Waals surface area contributed by atoms with Crippen molar-refractivity contribution in [3.05, 3.63) is 64.2 Å². The number of hydrogen-bond donors (Lipinski definition) is 0. The highest BCUT2D eigenvalue weighted by atomic mass is 32.1. The molecule has 3 aromatic rings. The van der Waals surface area contributed by atoms with Gasteiger partial charge < -0.3 is 9.64 Å². The SMILES string of the molecule is Cc1nc2c(C)cc(C3CN(C(=O)OCc4ccccc4)C3)cc2s1. The largest absolute Gasteiger partial charge is 0.445 e. The minimum Gasteiger partial charge on any atom is -0.445 e. The van der Waals surface area contributed by atoms with Crippen molar-refractivity contribution < 1.29 is 9.53 Å². The molecule has 0 radical (unpaired) electrons. The molecular formula is C20H20N2O2S. The van der Waals surface area contributed by atoms with Crippen LogP contribution in [0.1, 0.15) is 27.6 Å².